The van der Waals surface area contributed by atoms with Gasteiger partial charge >= 0.3 is 0 Å². The molecule has 2 heteroatoms. The van der Waals surface area contributed by atoms with Crippen molar-refractivity contribution in [2.24, 2.45) is 0 Å². The molecule has 1 atom stereocenters. The summed E-state index contributed by atoms with van der Waals surface area (Å²) in [6.45, 7) is 5.98. The van der Waals surface area contributed by atoms with Crippen LogP contribution in [-0.4, -0.2) is 13.1 Å². The predicted octanol–water partition coefficient (Wildman–Crippen LogP) is 3.05. The van der Waals surface area contributed by atoms with E-state index in [9.17, 15) is 0 Å². The maximum atomic E-state index is 5.91. The first kappa shape index (κ1) is 11.3. The number of hydrogen-bond acceptors (Lipinski definition) is 1. The fourth-order valence-electron chi connectivity index (χ4n) is 1.42. The second kappa shape index (κ2) is 5.18. The van der Waals surface area contributed by atoms with Gasteiger partial charge in [0.2, 0.25) is 0 Å². The van der Waals surface area contributed by atoms with E-state index in [2.05, 4.69) is 18.0 Å². The van der Waals surface area contributed by atoms with Crippen LogP contribution >= 0.6 is 11.6 Å². The maximum Gasteiger partial charge on any atom is 0.0408 e. The molecule has 1 rings (SSSR count). The quantitative estimate of drug-likeness (QED) is 0.752. The Morgan fingerprint density at radius 2 is 2.29 bits per heavy atom. The number of benzene rings is 1. The molecule has 0 aliphatic carbocycles. The number of halogens is 1. The molecular formula is C12H16ClN. The van der Waals surface area contributed by atoms with Gasteiger partial charge in [0.15, 0.2) is 0 Å². The van der Waals surface area contributed by atoms with E-state index in [1.165, 1.54) is 5.56 Å². The van der Waals surface area contributed by atoms with Crippen molar-refractivity contribution in [1.29, 1.82) is 0 Å². The molecule has 0 spiro atoms. The fourth-order valence-corrected chi connectivity index (χ4v) is 1.64. The van der Waals surface area contributed by atoms with Crippen molar-refractivity contribution in [2.75, 3.05) is 7.05 Å². The van der Waals surface area contributed by atoms with Gasteiger partial charge in [-0.1, -0.05) is 35.9 Å². The van der Waals surface area contributed by atoms with E-state index in [-0.39, 0.29) is 0 Å². The average Bonchev–Trinajstić information content (AvgIpc) is 2.14. The first-order valence-electron chi connectivity index (χ1n) is 4.70. The zero-order chi connectivity index (χ0) is 10.6. The molecule has 1 aromatic rings. The summed E-state index contributed by atoms with van der Waals surface area (Å²) in [5, 5.41) is 4.02. The van der Waals surface area contributed by atoms with E-state index in [4.69, 9.17) is 11.6 Å². The Kier molecular flexibility index (Phi) is 4.18. The van der Waals surface area contributed by atoms with E-state index in [1.807, 2.05) is 32.2 Å². The van der Waals surface area contributed by atoms with Crippen LogP contribution in [0.25, 0.3) is 0 Å². The summed E-state index contributed by atoms with van der Waals surface area (Å²) < 4.78 is 0. The minimum Gasteiger partial charge on any atom is -0.313 e. The Labute approximate surface area is 90.8 Å². The highest BCUT2D eigenvalue weighted by molar-refractivity contribution is 6.30. The standard InChI is InChI=1S/C12H16ClN/c1-9(2)12(14-3)8-10-5-4-6-11(13)7-10/h4-7,12,14H,1,8H2,2-3H3/t12-/m1/s1. The van der Waals surface area contributed by atoms with E-state index >= 15 is 0 Å². The first-order valence-corrected chi connectivity index (χ1v) is 5.08. The molecule has 0 heterocycles. The van der Waals surface area contributed by atoms with Crippen molar-refractivity contribution < 1.29 is 0 Å². The molecule has 0 aliphatic heterocycles. The molecule has 0 saturated heterocycles. The highest BCUT2D eigenvalue weighted by Crippen LogP contribution is 2.14. The lowest BCUT2D eigenvalue weighted by Crippen LogP contribution is -2.28. The molecule has 0 amide bonds. The zero-order valence-corrected chi connectivity index (χ0v) is 9.43. The largest absolute Gasteiger partial charge is 0.313 e. The van der Waals surface area contributed by atoms with Gasteiger partial charge in [0, 0.05) is 11.1 Å². The highest BCUT2D eigenvalue weighted by Gasteiger charge is 2.07. The van der Waals surface area contributed by atoms with Crippen LogP contribution in [0.3, 0.4) is 0 Å². The molecular weight excluding hydrogens is 194 g/mol. The second-order valence-corrected chi connectivity index (χ2v) is 3.96. The van der Waals surface area contributed by atoms with Crippen LogP contribution in [0.1, 0.15) is 12.5 Å². The highest BCUT2D eigenvalue weighted by atomic mass is 35.5. The third-order valence-corrected chi connectivity index (χ3v) is 2.51. The van der Waals surface area contributed by atoms with E-state index in [0.717, 1.165) is 17.0 Å². The van der Waals surface area contributed by atoms with Crippen molar-refractivity contribution in [3.63, 3.8) is 0 Å². The van der Waals surface area contributed by atoms with Crippen LogP contribution < -0.4 is 5.32 Å². The third kappa shape index (κ3) is 3.17. The number of hydrogen-bond donors (Lipinski definition) is 1. The van der Waals surface area contributed by atoms with Crippen LogP contribution in [0.2, 0.25) is 5.02 Å². The van der Waals surface area contributed by atoms with Crippen molar-refractivity contribution in [3.8, 4) is 0 Å². The summed E-state index contributed by atoms with van der Waals surface area (Å²) >= 11 is 5.91. The van der Waals surface area contributed by atoms with Gasteiger partial charge in [-0.05, 0) is 38.1 Å². The molecule has 0 radical (unpaired) electrons. The van der Waals surface area contributed by atoms with Crippen LogP contribution in [-0.2, 0) is 6.42 Å². The molecule has 0 bridgehead atoms. The van der Waals surface area contributed by atoms with Crippen LogP contribution in [0.15, 0.2) is 36.4 Å². The summed E-state index contributed by atoms with van der Waals surface area (Å²) in [7, 11) is 1.95. The Hall–Kier alpha value is -0.790. The summed E-state index contributed by atoms with van der Waals surface area (Å²) in [5.74, 6) is 0. The Morgan fingerprint density at radius 1 is 1.57 bits per heavy atom. The normalized spacial score (nSPS) is 12.5. The lowest BCUT2D eigenvalue weighted by molar-refractivity contribution is 0.634. The number of nitrogens with one attached hydrogen (secondary N) is 1. The third-order valence-electron chi connectivity index (χ3n) is 2.27. The van der Waals surface area contributed by atoms with Gasteiger partial charge in [0.1, 0.15) is 0 Å². The van der Waals surface area contributed by atoms with Crippen molar-refractivity contribution in [2.45, 2.75) is 19.4 Å². The van der Waals surface area contributed by atoms with Gasteiger partial charge in [0.25, 0.3) is 0 Å². The van der Waals surface area contributed by atoms with Gasteiger partial charge in [0.05, 0.1) is 0 Å². The molecule has 1 N–H and O–H groups in total. The van der Waals surface area contributed by atoms with E-state index < -0.39 is 0 Å². The molecule has 0 fully saturated rings. The molecule has 0 unspecified atom stereocenters. The summed E-state index contributed by atoms with van der Waals surface area (Å²) in [6, 6.07) is 8.27. The SMILES string of the molecule is C=C(C)[C@@H](Cc1cccc(Cl)c1)NC. The van der Waals surface area contributed by atoms with Crippen molar-refractivity contribution >= 4 is 11.6 Å². The fraction of sp³-hybridized carbons (Fsp3) is 0.333. The molecule has 0 aliphatic rings. The average molecular weight is 210 g/mol. The van der Waals surface area contributed by atoms with Crippen molar-refractivity contribution in [1.82, 2.24) is 5.32 Å². The van der Waals surface area contributed by atoms with E-state index in [0.29, 0.717) is 6.04 Å². The Balaban J connectivity index is 2.72. The minimum atomic E-state index is 0.327. The number of likely N-dealkylation sites (N-methyl/N-ethyl adjacent to an activating group) is 1. The van der Waals surface area contributed by atoms with Crippen LogP contribution in [0.4, 0.5) is 0 Å². The summed E-state index contributed by atoms with van der Waals surface area (Å²) in [5.41, 5.74) is 2.38. The summed E-state index contributed by atoms with van der Waals surface area (Å²) in [4.78, 5) is 0. The predicted molar refractivity (Wildman–Crippen MR) is 62.8 cm³/mol. The molecule has 14 heavy (non-hydrogen) atoms. The molecule has 0 aromatic heterocycles. The van der Waals surface area contributed by atoms with Crippen molar-refractivity contribution in [3.05, 3.63) is 47.0 Å². The van der Waals surface area contributed by atoms with Crippen LogP contribution in [0, 0.1) is 0 Å². The number of rotatable bonds is 4. The van der Waals surface area contributed by atoms with Gasteiger partial charge in [-0.3, -0.25) is 0 Å². The Bertz CT molecular complexity index is 320. The molecule has 1 nitrogen and oxygen atoms in total. The van der Waals surface area contributed by atoms with Gasteiger partial charge in [-0.2, -0.15) is 0 Å². The summed E-state index contributed by atoms with van der Waals surface area (Å²) in [6.07, 6.45) is 0.937. The molecule has 0 saturated carbocycles. The second-order valence-electron chi connectivity index (χ2n) is 3.52. The van der Waals surface area contributed by atoms with Crippen LogP contribution in [0.5, 0.6) is 0 Å². The lowest BCUT2D eigenvalue weighted by atomic mass is 10.0. The van der Waals surface area contributed by atoms with Gasteiger partial charge in [-0.15, -0.1) is 0 Å². The zero-order valence-electron chi connectivity index (χ0n) is 8.68. The minimum absolute atomic E-state index is 0.327. The van der Waals surface area contributed by atoms with Gasteiger partial charge < -0.3 is 5.32 Å². The topological polar surface area (TPSA) is 12.0 Å². The smallest absolute Gasteiger partial charge is 0.0408 e. The Morgan fingerprint density at radius 3 is 2.79 bits per heavy atom. The van der Waals surface area contributed by atoms with E-state index in [1.54, 1.807) is 0 Å². The molecule has 76 valence electrons. The monoisotopic (exact) mass is 209 g/mol. The lowest BCUT2D eigenvalue weighted by Gasteiger charge is -2.16. The van der Waals surface area contributed by atoms with Gasteiger partial charge in [-0.25, -0.2) is 0 Å². The first-order chi connectivity index (χ1) is 6.63. The maximum absolute atomic E-state index is 5.91. The molecule has 1 aromatic carbocycles.